The first-order valence-electron chi connectivity index (χ1n) is 11.6. The third-order valence-electron chi connectivity index (χ3n) is 7.68. The van der Waals surface area contributed by atoms with Crippen molar-refractivity contribution in [1.82, 2.24) is 14.9 Å². The van der Waals surface area contributed by atoms with E-state index in [9.17, 15) is 9.59 Å². The highest BCUT2D eigenvalue weighted by molar-refractivity contribution is 5.89. The van der Waals surface area contributed by atoms with E-state index in [-0.39, 0.29) is 34.3 Å². The zero-order valence-electron chi connectivity index (χ0n) is 19.9. The predicted octanol–water partition coefficient (Wildman–Crippen LogP) is 5.32. The van der Waals surface area contributed by atoms with Crippen molar-refractivity contribution in [1.29, 1.82) is 0 Å². The average Bonchev–Trinajstić information content (AvgIpc) is 3.38. The number of allylic oxidation sites excluding steroid dienone is 1. The SMILES string of the molecule is CC(C)(C/C=C/C(=O)OC1C2(C)CCC(C2)C1(C)C)CNC(=O)n1ccc2cccnc21. The molecule has 4 rings (SSSR count). The molecule has 1 N–H and O–H groups in total. The van der Waals surface area contributed by atoms with Crippen molar-refractivity contribution in [3.63, 3.8) is 0 Å². The summed E-state index contributed by atoms with van der Waals surface area (Å²) in [5, 5.41) is 3.91. The van der Waals surface area contributed by atoms with Crippen LogP contribution < -0.4 is 5.32 Å². The Morgan fingerprint density at radius 3 is 2.81 bits per heavy atom. The first kappa shape index (κ1) is 22.6. The molecule has 0 aliphatic heterocycles. The van der Waals surface area contributed by atoms with E-state index < -0.39 is 0 Å². The van der Waals surface area contributed by atoms with E-state index in [4.69, 9.17) is 4.74 Å². The van der Waals surface area contributed by atoms with Crippen molar-refractivity contribution >= 4 is 23.0 Å². The van der Waals surface area contributed by atoms with E-state index in [1.165, 1.54) is 11.0 Å². The molecular formula is C26H35N3O3. The van der Waals surface area contributed by atoms with Crippen LogP contribution in [0.4, 0.5) is 4.79 Å². The molecule has 2 saturated carbocycles. The van der Waals surface area contributed by atoms with Gasteiger partial charge in [-0.05, 0) is 55.2 Å². The van der Waals surface area contributed by atoms with Gasteiger partial charge in [-0.3, -0.25) is 4.57 Å². The lowest BCUT2D eigenvalue weighted by Crippen LogP contribution is -2.43. The Labute approximate surface area is 190 Å². The molecule has 0 saturated heterocycles. The van der Waals surface area contributed by atoms with Crippen LogP contribution in [0.5, 0.6) is 0 Å². The van der Waals surface area contributed by atoms with Crippen LogP contribution in [0.15, 0.2) is 42.7 Å². The second kappa shape index (κ2) is 8.05. The van der Waals surface area contributed by atoms with Crippen LogP contribution in [0.2, 0.25) is 0 Å². The molecule has 3 atom stereocenters. The number of carbonyl (C=O) groups is 2. The van der Waals surface area contributed by atoms with Gasteiger partial charge in [-0.1, -0.05) is 40.7 Å². The number of nitrogens with one attached hydrogen (secondary N) is 1. The van der Waals surface area contributed by atoms with E-state index in [2.05, 4.69) is 44.9 Å². The van der Waals surface area contributed by atoms with Crippen LogP contribution in [0.3, 0.4) is 0 Å². The molecule has 0 aromatic carbocycles. The largest absolute Gasteiger partial charge is 0.458 e. The highest BCUT2D eigenvalue weighted by Crippen LogP contribution is 2.63. The van der Waals surface area contributed by atoms with Gasteiger partial charge >= 0.3 is 12.0 Å². The van der Waals surface area contributed by atoms with Crippen LogP contribution in [0, 0.1) is 22.2 Å². The second-order valence-corrected chi connectivity index (χ2v) is 11.3. The molecule has 2 aromatic heterocycles. The quantitative estimate of drug-likeness (QED) is 0.490. The minimum Gasteiger partial charge on any atom is -0.458 e. The molecule has 2 aliphatic carbocycles. The van der Waals surface area contributed by atoms with Gasteiger partial charge in [0.05, 0.1) is 0 Å². The van der Waals surface area contributed by atoms with Crippen LogP contribution in [0.25, 0.3) is 11.0 Å². The van der Waals surface area contributed by atoms with Crippen molar-refractivity contribution in [3.8, 4) is 0 Å². The Balaban J connectivity index is 1.29. The van der Waals surface area contributed by atoms with E-state index in [0.29, 0.717) is 24.5 Å². The van der Waals surface area contributed by atoms with Crippen molar-refractivity contribution in [3.05, 3.63) is 42.7 Å². The maximum atomic E-state index is 12.6. The maximum absolute atomic E-state index is 12.6. The third kappa shape index (κ3) is 4.19. The highest BCUT2D eigenvalue weighted by Gasteiger charge is 2.61. The summed E-state index contributed by atoms with van der Waals surface area (Å²) < 4.78 is 7.48. The maximum Gasteiger partial charge on any atom is 0.330 e. The number of pyridine rings is 1. The Morgan fingerprint density at radius 1 is 1.31 bits per heavy atom. The van der Waals surface area contributed by atoms with Crippen molar-refractivity contribution in [2.75, 3.05) is 6.54 Å². The zero-order valence-corrected chi connectivity index (χ0v) is 19.9. The molecule has 172 valence electrons. The van der Waals surface area contributed by atoms with Crippen LogP contribution in [-0.2, 0) is 9.53 Å². The molecular weight excluding hydrogens is 402 g/mol. The standard InChI is InChI=1S/C26H35N3O3/c1-24(2,17-28-23(31)29-15-11-18-8-7-14-27-21(18)29)12-6-9-20(30)32-22-25(3,4)19-10-13-26(22,5)16-19/h6-9,11,14-15,19,22H,10,12-13,16-17H2,1-5H3,(H,28,31)/b9-6+. The van der Waals surface area contributed by atoms with E-state index in [1.807, 2.05) is 24.3 Å². The van der Waals surface area contributed by atoms with Crippen molar-refractivity contribution in [2.24, 2.45) is 22.2 Å². The van der Waals surface area contributed by atoms with Gasteiger partial charge in [-0.25, -0.2) is 14.6 Å². The van der Waals surface area contributed by atoms with E-state index in [1.54, 1.807) is 18.5 Å². The molecule has 3 unspecified atom stereocenters. The van der Waals surface area contributed by atoms with Gasteiger partial charge in [0.1, 0.15) is 11.8 Å². The first-order chi connectivity index (χ1) is 15.0. The number of carbonyl (C=O) groups excluding carboxylic acids is 2. The lowest BCUT2D eigenvalue weighted by Gasteiger charge is -2.41. The van der Waals surface area contributed by atoms with Gasteiger partial charge in [0.15, 0.2) is 0 Å². The molecule has 0 radical (unpaired) electrons. The summed E-state index contributed by atoms with van der Waals surface area (Å²) in [6, 6.07) is 5.45. The van der Waals surface area contributed by atoms with Crippen LogP contribution in [0.1, 0.15) is 60.3 Å². The molecule has 0 spiro atoms. The van der Waals surface area contributed by atoms with Crippen molar-refractivity contribution < 1.29 is 14.3 Å². The summed E-state index contributed by atoms with van der Waals surface area (Å²) in [5.41, 5.74) is 0.583. The van der Waals surface area contributed by atoms with Gasteiger partial charge in [0.25, 0.3) is 0 Å². The van der Waals surface area contributed by atoms with E-state index in [0.717, 1.165) is 18.2 Å². The number of hydrogen-bond donors (Lipinski definition) is 1. The minimum atomic E-state index is -0.262. The summed E-state index contributed by atoms with van der Waals surface area (Å²) in [6.07, 6.45) is 11.0. The number of aromatic nitrogens is 2. The fraction of sp³-hybridized carbons (Fsp3) is 0.577. The van der Waals surface area contributed by atoms with Gasteiger partial charge in [0.2, 0.25) is 0 Å². The van der Waals surface area contributed by atoms with Crippen LogP contribution >= 0.6 is 0 Å². The van der Waals surface area contributed by atoms with Crippen molar-refractivity contribution in [2.45, 2.75) is 66.4 Å². The first-order valence-corrected chi connectivity index (χ1v) is 11.6. The average molecular weight is 438 g/mol. The Hall–Kier alpha value is -2.63. The number of nitrogens with zero attached hydrogens (tertiary/aromatic N) is 2. The van der Waals surface area contributed by atoms with Crippen LogP contribution in [-0.4, -0.2) is 34.2 Å². The predicted molar refractivity (Wildman–Crippen MR) is 125 cm³/mol. The molecule has 1 amide bonds. The molecule has 2 heterocycles. The normalized spacial score (nSPS) is 26.7. The van der Waals surface area contributed by atoms with Gasteiger partial charge in [-0.15, -0.1) is 0 Å². The Bertz CT molecular complexity index is 1050. The number of amides is 1. The summed E-state index contributed by atoms with van der Waals surface area (Å²) in [7, 11) is 0. The highest BCUT2D eigenvalue weighted by atomic mass is 16.5. The lowest BCUT2D eigenvalue weighted by atomic mass is 9.70. The Morgan fingerprint density at radius 2 is 2.09 bits per heavy atom. The molecule has 2 fully saturated rings. The zero-order chi connectivity index (χ0) is 23.1. The number of hydrogen-bond acceptors (Lipinski definition) is 4. The summed E-state index contributed by atoms with van der Waals surface area (Å²) in [6.45, 7) is 11.3. The van der Waals surface area contributed by atoms with Gasteiger partial charge in [-0.2, -0.15) is 0 Å². The summed E-state index contributed by atoms with van der Waals surface area (Å²) in [4.78, 5) is 29.4. The fourth-order valence-electron chi connectivity index (χ4n) is 5.78. The second-order valence-electron chi connectivity index (χ2n) is 11.3. The van der Waals surface area contributed by atoms with E-state index >= 15 is 0 Å². The molecule has 2 bridgehead atoms. The minimum absolute atomic E-state index is 0.0248. The summed E-state index contributed by atoms with van der Waals surface area (Å²) >= 11 is 0. The fourth-order valence-corrected chi connectivity index (χ4v) is 5.78. The number of fused-ring (bicyclic) bond motifs is 3. The Kier molecular flexibility index (Phi) is 5.68. The monoisotopic (exact) mass is 437 g/mol. The summed E-state index contributed by atoms with van der Waals surface area (Å²) in [5.74, 6) is 0.381. The molecule has 32 heavy (non-hydrogen) atoms. The lowest BCUT2D eigenvalue weighted by molar-refractivity contribution is -0.158. The molecule has 2 aromatic rings. The van der Waals surface area contributed by atoms with Gasteiger partial charge < -0.3 is 10.1 Å². The topological polar surface area (TPSA) is 73.2 Å². The molecule has 6 heteroatoms. The molecule has 6 nitrogen and oxygen atoms in total. The third-order valence-corrected chi connectivity index (χ3v) is 7.68. The number of ether oxygens (including phenoxy) is 1. The smallest absolute Gasteiger partial charge is 0.330 e. The number of esters is 1. The number of rotatable bonds is 6. The van der Waals surface area contributed by atoms with Gasteiger partial charge in [0, 0.05) is 41.2 Å². The molecule has 2 aliphatic rings.